The molecule has 104 valence electrons. The van der Waals surface area contributed by atoms with E-state index >= 15 is 0 Å². The Morgan fingerprint density at radius 2 is 1.65 bits per heavy atom. The zero-order valence-corrected chi connectivity index (χ0v) is 10.3. The molecule has 0 saturated heterocycles. The molecule has 6 N–H and O–H groups in total. The van der Waals surface area contributed by atoms with E-state index < -0.39 is 16.9 Å². The van der Waals surface area contributed by atoms with Crippen molar-refractivity contribution < 1.29 is 4.98 Å². The van der Waals surface area contributed by atoms with Crippen LogP contribution in [0.1, 0.15) is 5.82 Å². The number of aryl methyl sites for hydroxylation is 1. The highest BCUT2D eigenvalue weighted by Gasteiger charge is 2.02. The molecule has 0 amide bonds. The van der Waals surface area contributed by atoms with E-state index in [0.29, 0.717) is 0 Å². The molecule has 0 aromatic carbocycles. The number of hydrogen-bond acceptors (Lipinski definition) is 4. The maximum atomic E-state index is 10.9. The predicted molar refractivity (Wildman–Crippen MR) is 67.2 cm³/mol. The molecular formula is C10H11N7O3. The molecule has 0 aliphatic heterocycles. The SMILES string of the molecule is Cc1[nH]cc[nH+]1.O=c1[nH]c(=O)c2[nH]c(=O)[nH]c2[nH]1.[C-]#N. The largest absolute Gasteiger partial charge is 0.512 e. The van der Waals surface area contributed by atoms with Crippen molar-refractivity contribution in [2.24, 2.45) is 0 Å². The lowest BCUT2D eigenvalue weighted by Crippen LogP contribution is -2.21. The summed E-state index contributed by atoms with van der Waals surface area (Å²) in [6, 6.07) is 0. The van der Waals surface area contributed by atoms with Crippen LogP contribution in [0.3, 0.4) is 0 Å². The second kappa shape index (κ2) is 6.55. The number of nitrogens with one attached hydrogen (secondary N) is 6. The maximum Gasteiger partial charge on any atom is 0.327 e. The average Bonchev–Trinajstić information content (AvgIpc) is 3.01. The van der Waals surface area contributed by atoms with Gasteiger partial charge < -0.3 is 11.8 Å². The summed E-state index contributed by atoms with van der Waals surface area (Å²) in [6.07, 6.45) is 3.71. The highest BCUT2D eigenvalue weighted by molar-refractivity contribution is 5.67. The summed E-state index contributed by atoms with van der Waals surface area (Å²) in [7, 11) is 0. The molecule has 20 heavy (non-hydrogen) atoms. The lowest BCUT2D eigenvalue weighted by Gasteiger charge is -1.83. The number of hydrogen-bond donors (Lipinski definition) is 5. The van der Waals surface area contributed by atoms with Crippen LogP contribution in [0, 0.1) is 18.8 Å². The first-order valence-corrected chi connectivity index (χ1v) is 5.25. The molecule has 0 saturated carbocycles. The molecule has 0 radical (unpaired) electrons. The summed E-state index contributed by atoms with van der Waals surface area (Å²) >= 11 is 0. The van der Waals surface area contributed by atoms with Gasteiger partial charge in [-0.1, -0.05) is 0 Å². The number of rotatable bonds is 0. The van der Waals surface area contributed by atoms with Crippen LogP contribution in [-0.4, -0.2) is 24.9 Å². The Bertz CT molecular complexity index is 846. The molecule has 0 unspecified atom stereocenters. The average molecular weight is 277 g/mol. The molecule has 3 heterocycles. The summed E-state index contributed by atoms with van der Waals surface area (Å²) in [6.45, 7) is 6.72. The molecule has 0 aliphatic carbocycles. The fraction of sp³-hybridized carbons (Fsp3) is 0.100. The van der Waals surface area contributed by atoms with Gasteiger partial charge in [0.05, 0.1) is 0 Å². The van der Waals surface area contributed by atoms with E-state index in [1.54, 1.807) is 0 Å². The minimum Gasteiger partial charge on any atom is -0.512 e. The molecule has 0 bridgehead atoms. The number of aromatic amines is 6. The van der Waals surface area contributed by atoms with E-state index in [0.717, 1.165) is 5.82 Å². The Morgan fingerprint density at radius 1 is 1.05 bits per heavy atom. The maximum absolute atomic E-state index is 10.9. The molecule has 0 atom stereocenters. The van der Waals surface area contributed by atoms with Crippen molar-refractivity contribution in [2.45, 2.75) is 6.92 Å². The summed E-state index contributed by atoms with van der Waals surface area (Å²) in [4.78, 5) is 46.9. The summed E-state index contributed by atoms with van der Waals surface area (Å²) in [5.41, 5.74) is -1.65. The third-order valence-corrected chi connectivity index (χ3v) is 2.10. The van der Waals surface area contributed by atoms with Gasteiger partial charge in [0, 0.05) is 6.92 Å². The molecule has 3 rings (SSSR count). The van der Waals surface area contributed by atoms with Crippen molar-refractivity contribution in [3.63, 3.8) is 0 Å². The Labute approximate surface area is 110 Å². The topological polar surface area (TPSA) is 168 Å². The van der Waals surface area contributed by atoms with Gasteiger partial charge in [-0.15, -0.1) is 0 Å². The first kappa shape index (κ1) is 14.7. The van der Waals surface area contributed by atoms with Gasteiger partial charge in [-0.3, -0.25) is 24.7 Å². The molecule has 10 heteroatoms. The summed E-state index contributed by atoms with van der Waals surface area (Å²) < 4.78 is 0. The minimum atomic E-state index is -0.650. The highest BCUT2D eigenvalue weighted by Crippen LogP contribution is 1.88. The van der Waals surface area contributed by atoms with Crippen LogP contribution >= 0.6 is 0 Å². The van der Waals surface area contributed by atoms with Gasteiger partial charge in [0.25, 0.3) is 5.56 Å². The molecule has 3 aromatic heterocycles. The van der Waals surface area contributed by atoms with E-state index in [2.05, 4.69) is 24.9 Å². The van der Waals surface area contributed by atoms with E-state index in [4.69, 9.17) is 11.8 Å². The van der Waals surface area contributed by atoms with Crippen molar-refractivity contribution in [1.29, 1.82) is 5.26 Å². The first-order valence-electron chi connectivity index (χ1n) is 5.25. The number of fused-ring (bicyclic) bond motifs is 1. The summed E-state index contributed by atoms with van der Waals surface area (Å²) in [5, 5.41) is 6.25. The number of imidazole rings is 2. The Morgan fingerprint density at radius 3 is 2.10 bits per heavy atom. The zero-order chi connectivity index (χ0) is 15.1. The first-order chi connectivity index (χ1) is 9.56. The molecule has 0 spiro atoms. The van der Waals surface area contributed by atoms with Crippen LogP contribution in [0.15, 0.2) is 26.8 Å². The molecule has 0 aliphatic rings. The van der Waals surface area contributed by atoms with Crippen molar-refractivity contribution in [2.75, 3.05) is 0 Å². The normalized spacial score (nSPS) is 9.15. The van der Waals surface area contributed by atoms with Gasteiger partial charge in [0.15, 0.2) is 0 Å². The Balaban J connectivity index is 0.000000211. The Hall–Kier alpha value is -3.35. The number of nitrogens with zero attached hydrogens (tertiary/aromatic N) is 1. The molecular weight excluding hydrogens is 266 g/mol. The minimum absolute atomic E-state index is 0.0413. The quantitative estimate of drug-likeness (QED) is 0.314. The van der Waals surface area contributed by atoms with Crippen LogP contribution in [-0.2, 0) is 0 Å². The lowest BCUT2D eigenvalue weighted by molar-refractivity contribution is -0.385. The van der Waals surface area contributed by atoms with Crippen molar-refractivity contribution in [1.82, 2.24) is 24.9 Å². The molecule has 0 fully saturated rings. The smallest absolute Gasteiger partial charge is 0.327 e. The predicted octanol–water partition coefficient (Wildman–Crippen LogP) is -1.53. The van der Waals surface area contributed by atoms with Crippen molar-refractivity contribution in [3.05, 3.63) is 56.1 Å². The van der Waals surface area contributed by atoms with Crippen LogP contribution in [0.2, 0.25) is 0 Å². The van der Waals surface area contributed by atoms with Crippen LogP contribution in [0.4, 0.5) is 0 Å². The van der Waals surface area contributed by atoms with Gasteiger partial charge in [-0.05, 0) is 0 Å². The van der Waals surface area contributed by atoms with Gasteiger partial charge in [-0.2, -0.15) is 0 Å². The highest BCUT2D eigenvalue weighted by atomic mass is 16.2. The zero-order valence-electron chi connectivity index (χ0n) is 10.3. The Kier molecular flexibility index (Phi) is 4.82. The van der Waals surface area contributed by atoms with Crippen LogP contribution in [0.25, 0.3) is 11.2 Å². The summed E-state index contributed by atoms with van der Waals surface area (Å²) in [5.74, 6) is 1.09. The molecule has 3 aromatic rings. The van der Waals surface area contributed by atoms with Crippen LogP contribution < -0.4 is 21.9 Å². The van der Waals surface area contributed by atoms with E-state index in [1.807, 2.05) is 24.3 Å². The number of H-pyrrole nitrogens is 6. The van der Waals surface area contributed by atoms with E-state index in [9.17, 15) is 14.4 Å². The second-order valence-electron chi connectivity index (χ2n) is 3.48. The lowest BCUT2D eigenvalue weighted by atomic mass is 10.5. The third kappa shape index (κ3) is 3.57. The van der Waals surface area contributed by atoms with Gasteiger partial charge in [0.2, 0.25) is 5.82 Å². The standard InChI is InChI=1S/C5H4N4O3.C4H6N2.CN/c10-3-1-2(7-4(11)6-1)8-5(12)9-3;1-4-5-2-3-6-4;1-2/h(H4,6,7,8,9,10,11,12);2-3H,1H3,(H,5,6);/q;;-1/p+1. The number of aromatic nitrogens is 6. The monoisotopic (exact) mass is 277 g/mol. The van der Waals surface area contributed by atoms with Gasteiger partial charge >= 0.3 is 11.4 Å². The van der Waals surface area contributed by atoms with Crippen LogP contribution in [0.5, 0.6) is 0 Å². The van der Waals surface area contributed by atoms with Crippen molar-refractivity contribution in [3.8, 4) is 0 Å². The van der Waals surface area contributed by atoms with E-state index in [1.165, 1.54) is 0 Å². The van der Waals surface area contributed by atoms with Gasteiger partial charge in [0.1, 0.15) is 23.6 Å². The fourth-order valence-electron chi connectivity index (χ4n) is 1.33. The van der Waals surface area contributed by atoms with Gasteiger partial charge in [-0.25, -0.2) is 19.6 Å². The fourth-order valence-corrected chi connectivity index (χ4v) is 1.33. The molecule has 10 nitrogen and oxygen atoms in total. The van der Waals surface area contributed by atoms with E-state index in [-0.39, 0.29) is 11.2 Å². The second-order valence-corrected chi connectivity index (χ2v) is 3.48. The van der Waals surface area contributed by atoms with Crippen molar-refractivity contribution >= 4 is 11.2 Å². The third-order valence-electron chi connectivity index (χ3n) is 2.10.